The van der Waals surface area contributed by atoms with Gasteiger partial charge in [-0.15, -0.1) is 0 Å². The molecular weight excluding hydrogens is 281 g/mol. The van der Waals surface area contributed by atoms with Gasteiger partial charge in [-0.1, -0.05) is 12.1 Å². The molecule has 0 heterocycles. The Morgan fingerprint density at radius 1 is 1.14 bits per heavy atom. The van der Waals surface area contributed by atoms with Gasteiger partial charge in [0, 0.05) is 18.7 Å². The molecule has 0 aromatic heterocycles. The topological polar surface area (TPSA) is 38.3 Å². The molecule has 0 aliphatic heterocycles. The van der Waals surface area contributed by atoms with Crippen molar-refractivity contribution in [2.45, 2.75) is 32.6 Å². The summed E-state index contributed by atoms with van der Waals surface area (Å²) >= 11 is 0. The van der Waals surface area contributed by atoms with Crippen molar-refractivity contribution in [1.82, 2.24) is 0 Å². The maximum absolute atomic E-state index is 14.1. The van der Waals surface area contributed by atoms with Gasteiger partial charge < -0.3 is 10.1 Å². The van der Waals surface area contributed by atoms with Gasteiger partial charge in [0.1, 0.15) is 5.75 Å². The number of rotatable bonds is 3. The van der Waals surface area contributed by atoms with E-state index in [9.17, 15) is 9.18 Å². The quantitative estimate of drug-likeness (QED) is 0.909. The molecule has 1 aliphatic rings. The minimum atomic E-state index is -0.486. The summed E-state index contributed by atoms with van der Waals surface area (Å²) < 4.78 is 19.9. The summed E-state index contributed by atoms with van der Waals surface area (Å²) in [7, 11) is 0. The highest BCUT2D eigenvalue weighted by Gasteiger charge is 2.15. The molecule has 1 aliphatic carbocycles. The number of hydrogen-bond donors (Lipinski definition) is 1. The molecule has 4 heteroatoms. The Hall–Kier alpha value is -2.36. The maximum Gasteiger partial charge on any atom is 0.221 e. The zero-order chi connectivity index (χ0) is 15.5. The van der Waals surface area contributed by atoms with Crippen LogP contribution < -0.4 is 10.1 Å². The molecule has 22 heavy (non-hydrogen) atoms. The maximum atomic E-state index is 14.1. The van der Waals surface area contributed by atoms with E-state index in [2.05, 4.69) is 11.4 Å². The molecule has 0 spiro atoms. The molecule has 0 unspecified atom stereocenters. The van der Waals surface area contributed by atoms with Gasteiger partial charge in [0.25, 0.3) is 0 Å². The van der Waals surface area contributed by atoms with Crippen molar-refractivity contribution >= 4 is 11.6 Å². The first kappa shape index (κ1) is 14.6. The summed E-state index contributed by atoms with van der Waals surface area (Å²) in [6, 6.07) is 10.4. The van der Waals surface area contributed by atoms with Crippen LogP contribution in [0.3, 0.4) is 0 Å². The van der Waals surface area contributed by atoms with Gasteiger partial charge in [-0.2, -0.15) is 0 Å². The summed E-state index contributed by atoms with van der Waals surface area (Å²) in [5.41, 5.74) is 2.89. The molecule has 114 valence electrons. The van der Waals surface area contributed by atoms with Crippen LogP contribution in [-0.4, -0.2) is 5.91 Å². The van der Waals surface area contributed by atoms with E-state index in [-0.39, 0.29) is 11.7 Å². The molecule has 0 atom stereocenters. The monoisotopic (exact) mass is 299 g/mol. The summed E-state index contributed by atoms with van der Waals surface area (Å²) in [6.07, 6.45) is 4.35. The normalized spacial score (nSPS) is 13.4. The Labute approximate surface area is 129 Å². The largest absolute Gasteiger partial charge is 0.454 e. The number of hydrogen-bond acceptors (Lipinski definition) is 2. The van der Waals surface area contributed by atoms with Gasteiger partial charge in [-0.3, -0.25) is 4.79 Å². The van der Waals surface area contributed by atoms with Crippen molar-refractivity contribution in [3.8, 4) is 11.5 Å². The predicted molar refractivity (Wildman–Crippen MR) is 83.9 cm³/mol. The molecular formula is C18H18FNO2. The minimum Gasteiger partial charge on any atom is -0.454 e. The van der Waals surface area contributed by atoms with Gasteiger partial charge in [0.15, 0.2) is 11.6 Å². The lowest BCUT2D eigenvalue weighted by atomic mass is 9.91. The van der Waals surface area contributed by atoms with E-state index >= 15 is 0 Å². The first-order chi connectivity index (χ1) is 10.6. The number of fused-ring (bicyclic) bond motifs is 1. The highest BCUT2D eigenvalue weighted by atomic mass is 19.1. The second kappa shape index (κ2) is 6.18. The molecule has 0 bridgehead atoms. The van der Waals surface area contributed by atoms with Crippen LogP contribution >= 0.6 is 0 Å². The molecule has 2 aromatic carbocycles. The minimum absolute atomic E-state index is 0.174. The third-order valence-corrected chi connectivity index (χ3v) is 3.83. The molecule has 1 amide bonds. The molecule has 0 fully saturated rings. The van der Waals surface area contributed by atoms with Crippen LogP contribution in [0.15, 0.2) is 36.4 Å². The molecule has 1 N–H and O–H groups in total. The number of aryl methyl sites for hydroxylation is 1. The first-order valence-corrected chi connectivity index (χ1v) is 7.49. The molecule has 3 nitrogen and oxygen atoms in total. The average Bonchev–Trinajstić information content (AvgIpc) is 2.50. The predicted octanol–water partition coefficient (Wildman–Crippen LogP) is 4.46. The fourth-order valence-corrected chi connectivity index (χ4v) is 2.83. The van der Waals surface area contributed by atoms with Crippen molar-refractivity contribution in [2.24, 2.45) is 0 Å². The van der Waals surface area contributed by atoms with E-state index in [0.717, 1.165) is 25.0 Å². The van der Waals surface area contributed by atoms with Gasteiger partial charge >= 0.3 is 0 Å². The number of halogens is 1. The Bertz CT molecular complexity index is 712. The van der Waals surface area contributed by atoms with Crippen molar-refractivity contribution in [1.29, 1.82) is 0 Å². The van der Waals surface area contributed by atoms with Crippen LogP contribution in [0.4, 0.5) is 10.1 Å². The standard InChI is InChI=1S/C18H18FNO2/c1-12(21)20-14-9-10-18(16(19)11-14)22-17-8-4-6-13-5-2-3-7-15(13)17/h4,6,8-11H,2-3,5,7H2,1H3,(H,20,21). The van der Waals surface area contributed by atoms with Crippen LogP contribution in [0.2, 0.25) is 0 Å². The van der Waals surface area contributed by atoms with Gasteiger partial charge in [-0.05, 0) is 55.0 Å². The average molecular weight is 299 g/mol. The lowest BCUT2D eigenvalue weighted by molar-refractivity contribution is -0.114. The SMILES string of the molecule is CC(=O)Nc1ccc(Oc2cccc3c2CCCC3)c(F)c1. The summed E-state index contributed by atoms with van der Waals surface area (Å²) in [5.74, 6) is 0.182. The Balaban J connectivity index is 1.86. The molecule has 0 saturated carbocycles. The highest BCUT2D eigenvalue weighted by Crippen LogP contribution is 2.34. The van der Waals surface area contributed by atoms with Crippen LogP contribution in [-0.2, 0) is 17.6 Å². The Morgan fingerprint density at radius 2 is 1.95 bits per heavy atom. The molecule has 0 saturated heterocycles. The summed E-state index contributed by atoms with van der Waals surface area (Å²) in [6.45, 7) is 1.39. The second-order valence-electron chi connectivity index (χ2n) is 5.53. The Morgan fingerprint density at radius 3 is 2.73 bits per heavy atom. The lowest BCUT2D eigenvalue weighted by Crippen LogP contribution is -2.06. The van der Waals surface area contributed by atoms with Crippen molar-refractivity contribution in [3.63, 3.8) is 0 Å². The van der Waals surface area contributed by atoms with Gasteiger partial charge in [-0.25, -0.2) is 4.39 Å². The van der Waals surface area contributed by atoms with E-state index in [4.69, 9.17) is 4.74 Å². The van der Waals surface area contributed by atoms with E-state index < -0.39 is 5.82 Å². The summed E-state index contributed by atoms with van der Waals surface area (Å²) in [5, 5.41) is 2.55. The molecule has 2 aromatic rings. The zero-order valence-corrected chi connectivity index (χ0v) is 12.5. The number of anilines is 1. The van der Waals surface area contributed by atoms with E-state index in [1.54, 1.807) is 12.1 Å². The van der Waals surface area contributed by atoms with E-state index in [0.29, 0.717) is 5.69 Å². The number of nitrogens with one attached hydrogen (secondary N) is 1. The lowest BCUT2D eigenvalue weighted by Gasteiger charge is -2.19. The molecule has 0 radical (unpaired) electrons. The zero-order valence-electron chi connectivity index (χ0n) is 12.5. The van der Waals surface area contributed by atoms with Crippen molar-refractivity contribution < 1.29 is 13.9 Å². The van der Waals surface area contributed by atoms with Crippen LogP contribution in [0.5, 0.6) is 11.5 Å². The number of amides is 1. The fraction of sp³-hybridized carbons (Fsp3) is 0.278. The first-order valence-electron chi connectivity index (χ1n) is 7.49. The van der Waals surface area contributed by atoms with Gasteiger partial charge in [0.2, 0.25) is 5.91 Å². The van der Waals surface area contributed by atoms with Crippen molar-refractivity contribution in [3.05, 3.63) is 53.3 Å². The number of carbonyl (C=O) groups is 1. The van der Waals surface area contributed by atoms with Crippen molar-refractivity contribution in [2.75, 3.05) is 5.32 Å². The number of benzene rings is 2. The van der Waals surface area contributed by atoms with Crippen LogP contribution in [0.1, 0.15) is 30.9 Å². The van der Waals surface area contributed by atoms with Gasteiger partial charge in [0.05, 0.1) is 0 Å². The third kappa shape index (κ3) is 3.11. The highest BCUT2D eigenvalue weighted by molar-refractivity contribution is 5.88. The van der Waals surface area contributed by atoms with E-state index in [1.807, 2.05) is 12.1 Å². The van der Waals surface area contributed by atoms with E-state index in [1.165, 1.54) is 30.5 Å². The fourth-order valence-electron chi connectivity index (χ4n) is 2.83. The summed E-state index contributed by atoms with van der Waals surface area (Å²) in [4.78, 5) is 11.0. The third-order valence-electron chi connectivity index (χ3n) is 3.83. The second-order valence-corrected chi connectivity index (χ2v) is 5.53. The smallest absolute Gasteiger partial charge is 0.221 e. The van der Waals surface area contributed by atoms with Crippen LogP contribution in [0.25, 0.3) is 0 Å². The number of ether oxygens (including phenoxy) is 1. The number of carbonyl (C=O) groups excluding carboxylic acids is 1. The van der Waals surface area contributed by atoms with Crippen LogP contribution in [0, 0.1) is 5.82 Å². The Kier molecular flexibility index (Phi) is 4.09. The molecule has 3 rings (SSSR count).